The number of ether oxygens (including phenoxy) is 1. The van der Waals surface area contributed by atoms with Crippen LogP contribution in [-0.4, -0.2) is 44.8 Å². The topological polar surface area (TPSA) is 138 Å². The lowest BCUT2D eigenvalue weighted by atomic mass is 10.0. The number of carboxylic acid groups (broad SMARTS) is 3. The summed E-state index contributed by atoms with van der Waals surface area (Å²) in [6, 6.07) is 0. The number of allylic oxidation sites excluding steroid dienone is 1. The van der Waals surface area contributed by atoms with E-state index in [0.29, 0.717) is 5.57 Å². The quantitative estimate of drug-likeness (QED) is 0.353. The van der Waals surface area contributed by atoms with Crippen LogP contribution in [-0.2, 0) is 23.9 Å². The Hall–Kier alpha value is -2.38. The molecular formula is C10H12O8. The molecule has 8 heteroatoms. The highest BCUT2D eigenvalue weighted by Crippen LogP contribution is 2.17. The Balaban J connectivity index is 5.61. The maximum Gasteiger partial charge on any atom is 0.400 e. The fraction of sp³-hybridized carbons (Fsp3) is 0.400. The van der Waals surface area contributed by atoms with E-state index in [1.807, 2.05) is 0 Å². The van der Waals surface area contributed by atoms with Crippen LogP contribution in [0.1, 0.15) is 20.8 Å². The fourth-order valence-electron chi connectivity index (χ4n) is 0.825. The normalized spacial score (nSPS) is 10.4. The van der Waals surface area contributed by atoms with E-state index in [0.717, 1.165) is 0 Å². The van der Waals surface area contributed by atoms with E-state index in [-0.39, 0.29) is 5.57 Å². The van der Waals surface area contributed by atoms with Gasteiger partial charge in [0.2, 0.25) is 0 Å². The van der Waals surface area contributed by atoms with Gasteiger partial charge in [-0.3, -0.25) is 0 Å². The summed E-state index contributed by atoms with van der Waals surface area (Å²) in [7, 11) is 0. The molecule has 0 aromatic carbocycles. The predicted octanol–water partition coefficient (Wildman–Crippen LogP) is -0.122. The Kier molecular flexibility index (Phi) is 4.60. The average Bonchev–Trinajstić information content (AvgIpc) is 2.22. The molecule has 0 rings (SSSR count). The van der Waals surface area contributed by atoms with E-state index in [1.165, 1.54) is 20.8 Å². The standard InChI is InChI=1S/C10H12O8/c1-4(2)5(3)6(11)18-10(7(12)13,8(14)15)9(16)17/h1-3H3,(H,12,13)(H,14,15)(H,16,17). The van der Waals surface area contributed by atoms with Crippen molar-refractivity contribution in [3.05, 3.63) is 11.1 Å². The van der Waals surface area contributed by atoms with E-state index in [1.54, 1.807) is 0 Å². The van der Waals surface area contributed by atoms with Gasteiger partial charge in [-0.25, -0.2) is 19.2 Å². The van der Waals surface area contributed by atoms with E-state index in [2.05, 4.69) is 4.74 Å². The van der Waals surface area contributed by atoms with Crippen molar-refractivity contribution < 1.29 is 39.2 Å². The molecule has 0 bridgehead atoms. The molecule has 0 radical (unpaired) electrons. The molecule has 0 aliphatic heterocycles. The number of carbonyl (C=O) groups excluding carboxylic acids is 1. The summed E-state index contributed by atoms with van der Waals surface area (Å²) < 4.78 is 4.15. The Morgan fingerprint density at radius 3 is 1.39 bits per heavy atom. The molecular weight excluding hydrogens is 248 g/mol. The highest BCUT2D eigenvalue weighted by Gasteiger charge is 2.59. The van der Waals surface area contributed by atoms with Crippen LogP contribution in [0, 0.1) is 0 Å². The van der Waals surface area contributed by atoms with Crippen LogP contribution < -0.4 is 0 Å². The third-order valence-electron chi connectivity index (χ3n) is 2.21. The molecule has 3 N–H and O–H groups in total. The summed E-state index contributed by atoms with van der Waals surface area (Å²) in [5.41, 5.74) is -3.27. The smallest absolute Gasteiger partial charge is 0.400 e. The Bertz CT molecular complexity index is 405. The van der Waals surface area contributed by atoms with Gasteiger partial charge in [0, 0.05) is 5.57 Å². The molecule has 0 unspecified atom stereocenters. The summed E-state index contributed by atoms with van der Waals surface area (Å²) in [5, 5.41) is 26.0. The lowest BCUT2D eigenvalue weighted by Gasteiger charge is -2.20. The van der Waals surface area contributed by atoms with Crippen molar-refractivity contribution in [1.82, 2.24) is 0 Å². The largest absolute Gasteiger partial charge is 0.477 e. The Morgan fingerprint density at radius 1 is 0.833 bits per heavy atom. The van der Waals surface area contributed by atoms with E-state index >= 15 is 0 Å². The summed E-state index contributed by atoms with van der Waals surface area (Å²) in [6.07, 6.45) is 0. The van der Waals surface area contributed by atoms with Crippen molar-refractivity contribution in [2.75, 3.05) is 0 Å². The van der Waals surface area contributed by atoms with Gasteiger partial charge in [0.05, 0.1) is 0 Å². The molecule has 0 saturated carbocycles. The lowest BCUT2D eigenvalue weighted by molar-refractivity contribution is -0.197. The summed E-state index contributed by atoms with van der Waals surface area (Å²) in [6.45, 7) is 4.26. The Morgan fingerprint density at radius 2 is 1.17 bits per heavy atom. The molecule has 0 amide bonds. The van der Waals surface area contributed by atoms with Gasteiger partial charge in [-0.05, 0) is 20.8 Å². The Labute approximate surface area is 101 Å². The number of esters is 1. The fourth-order valence-corrected chi connectivity index (χ4v) is 0.825. The monoisotopic (exact) mass is 260 g/mol. The molecule has 8 nitrogen and oxygen atoms in total. The van der Waals surface area contributed by atoms with Gasteiger partial charge in [0.15, 0.2) is 0 Å². The van der Waals surface area contributed by atoms with Gasteiger partial charge in [-0.2, -0.15) is 0 Å². The van der Waals surface area contributed by atoms with Gasteiger partial charge in [0.25, 0.3) is 0 Å². The van der Waals surface area contributed by atoms with Crippen LogP contribution in [0.5, 0.6) is 0 Å². The van der Waals surface area contributed by atoms with Crippen LogP contribution in [0.25, 0.3) is 0 Å². The SMILES string of the molecule is CC(C)=C(C)C(=O)OC(C(=O)O)(C(=O)O)C(=O)O. The first-order valence-corrected chi connectivity index (χ1v) is 4.65. The maximum atomic E-state index is 11.4. The van der Waals surface area contributed by atoms with Gasteiger partial charge in [-0.1, -0.05) is 5.57 Å². The molecule has 0 atom stereocenters. The van der Waals surface area contributed by atoms with Gasteiger partial charge < -0.3 is 20.1 Å². The van der Waals surface area contributed by atoms with Crippen LogP contribution in [0.15, 0.2) is 11.1 Å². The van der Waals surface area contributed by atoms with Crippen LogP contribution in [0.4, 0.5) is 0 Å². The van der Waals surface area contributed by atoms with E-state index in [4.69, 9.17) is 15.3 Å². The number of carboxylic acids is 3. The third kappa shape index (κ3) is 2.65. The molecule has 0 aliphatic rings. The first-order chi connectivity index (χ1) is 8.07. The molecule has 0 saturated heterocycles. The third-order valence-corrected chi connectivity index (χ3v) is 2.21. The number of hydrogen-bond donors (Lipinski definition) is 3. The highest BCUT2D eigenvalue weighted by atomic mass is 16.6. The number of rotatable bonds is 5. The van der Waals surface area contributed by atoms with Gasteiger partial charge in [-0.15, -0.1) is 0 Å². The second-order valence-corrected chi connectivity index (χ2v) is 3.61. The molecule has 0 fully saturated rings. The van der Waals surface area contributed by atoms with Gasteiger partial charge >= 0.3 is 29.5 Å². The van der Waals surface area contributed by atoms with Crippen molar-refractivity contribution in [3.63, 3.8) is 0 Å². The molecule has 18 heavy (non-hydrogen) atoms. The van der Waals surface area contributed by atoms with E-state index < -0.39 is 29.5 Å². The van der Waals surface area contributed by atoms with Crippen molar-refractivity contribution in [2.24, 2.45) is 0 Å². The van der Waals surface area contributed by atoms with Crippen molar-refractivity contribution in [3.8, 4) is 0 Å². The number of carbonyl (C=O) groups is 4. The number of aliphatic carboxylic acids is 3. The summed E-state index contributed by atoms with van der Waals surface area (Å²) in [5.74, 6) is -8.20. The summed E-state index contributed by atoms with van der Waals surface area (Å²) >= 11 is 0. The molecule has 0 spiro atoms. The van der Waals surface area contributed by atoms with Crippen LogP contribution >= 0.6 is 0 Å². The van der Waals surface area contributed by atoms with Crippen molar-refractivity contribution in [2.45, 2.75) is 26.4 Å². The second-order valence-electron chi connectivity index (χ2n) is 3.61. The van der Waals surface area contributed by atoms with Crippen molar-refractivity contribution in [1.29, 1.82) is 0 Å². The molecule has 0 aromatic rings. The molecule has 0 aliphatic carbocycles. The zero-order valence-electron chi connectivity index (χ0n) is 9.88. The maximum absolute atomic E-state index is 11.4. The first-order valence-electron chi connectivity index (χ1n) is 4.65. The minimum absolute atomic E-state index is 0.0666. The van der Waals surface area contributed by atoms with Crippen LogP contribution in [0.3, 0.4) is 0 Å². The highest BCUT2D eigenvalue weighted by molar-refractivity contribution is 6.21. The zero-order valence-corrected chi connectivity index (χ0v) is 9.88. The molecule has 0 aromatic heterocycles. The average molecular weight is 260 g/mol. The predicted molar refractivity (Wildman–Crippen MR) is 55.8 cm³/mol. The summed E-state index contributed by atoms with van der Waals surface area (Å²) in [4.78, 5) is 43.8. The van der Waals surface area contributed by atoms with Gasteiger partial charge in [0.1, 0.15) is 0 Å². The molecule has 0 heterocycles. The van der Waals surface area contributed by atoms with Crippen LogP contribution in [0.2, 0.25) is 0 Å². The minimum atomic E-state index is -3.65. The zero-order chi connectivity index (χ0) is 14.7. The number of hydrogen-bond acceptors (Lipinski definition) is 5. The van der Waals surface area contributed by atoms with Crippen molar-refractivity contribution >= 4 is 23.9 Å². The molecule has 100 valence electrons. The second kappa shape index (κ2) is 5.30. The lowest BCUT2D eigenvalue weighted by Crippen LogP contribution is -2.56. The first kappa shape index (κ1) is 15.6. The van der Waals surface area contributed by atoms with E-state index in [9.17, 15) is 19.2 Å². The minimum Gasteiger partial charge on any atom is -0.477 e.